The van der Waals surface area contributed by atoms with Crippen molar-refractivity contribution in [2.24, 2.45) is 0 Å². The number of hydrogen-bond donors (Lipinski definition) is 1. The monoisotopic (exact) mass is 433 g/mol. The zero-order chi connectivity index (χ0) is 20.4. The number of nitrogens with one attached hydrogen (secondary N) is 1. The van der Waals surface area contributed by atoms with Crippen molar-refractivity contribution in [1.29, 1.82) is 5.26 Å². The molecule has 0 amide bonds. The summed E-state index contributed by atoms with van der Waals surface area (Å²) in [5.74, 6) is 7.28. The van der Waals surface area contributed by atoms with E-state index < -0.39 is 0 Å². The molecule has 1 aromatic carbocycles. The van der Waals surface area contributed by atoms with E-state index in [1.807, 2.05) is 34.9 Å². The average Bonchev–Trinajstić information content (AvgIpc) is 3.30. The van der Waals surface area contributed by atoms with E-state index in [0.717, 1.165) is 32.5 Å². The third-order valence-corrected chi connectivity index (χ3v) is 5.09. The lowest BCUT2D eigenvalue weighted by Gasteiger charge is -2.22. The smallest absolute Gasteiger partial charge is 0.157 e. The molecule has 0 bridgehead atoms. The summed E-state index contributed by atoms with van der Waals surface area (Å²) < 4.78 is 2.02. The molecule has 4 rings (SSSR count). The summed E-state index contributed by atoms with van der Waals surface area (Å²) in [6.45, 7) is 6.37. The molecule has 0 aliphatic heterocycles. The largest absolute Gasteiger partial charge is 0.365 e. The van der Waals surface area contributed by atoms with Crippen molar-refractivity contribution in [1.82, 2.24) is 14.4 Å². The van der Waals surface area contributed by atoms with Crippen molar-refractivity contribution in [3.05, 3.63) is 71.0 Å². The summed E-state index contributed by atoms with van der Waals surface area (Å²) in [6, 6.07) is 13.5. The predicted octanol–water partition coefficient (Wildman–Crippen LogP) is 5.36. The van der Waals surface area contributed by atoms with Gasteiger partial charge in [0, 0.05) is 23.5 Å². The summed E-state index contributed by atoms with van der Waals surface area (Å²) in [6.07, 6.45) is 5.43. The van der Waals surface area contributed by atoms with Crippen LogP contribution < -0.4 is 5.32 Å². The number of halogens is 1. The standard InChI is InChI=1S/C23H19N5S.ClH/c1-23(2,3)27-22-21(26-20-15-25-11-12-28(20)22)19-10-9-18(29-19)8-7-16-5-4-6-17(13-16)14-24;/h4-6,9-13,15,27H,1-3H3;1H. The molecule has 0 atom stereocenters. The van der Waals surface area contributed by atoms with Gasteiger partial charge in [0.2, 0.25) is 0 Å². The summed E-state index contributed by atoms with van der Waals surface area (Å²) in [7, 11) is 0. The van der Waals surface area contributed by atoms with Gasteiger partial charge in [-0.3, -0.25) is 9.38 Å². The van der Waals surface area contributed by atoms with Crippen LogP contribution in [0, 0.1) is 23.2 Å². The van der Waals surface area contributed by atoms with Crippen LogP contribution in [0.2, 0.25) is 0 Å². The summed E-state index contributed by atoms with van der Waals surface area (Å²) >= 11 is 1.60. The number of benzene rings is 1. The molecule has 0 saturated heterocycles. The number of hydrogen-bond acceptors (Lipinski definition) is 5. The van der Waals surface area contributed by atoms with Crippen LogP contribution in [0.15, 0.2) is 55.0 Å². The number of fused-ring (bicyclic) bond motifs is 1. The molecule has 4 aromatic rings. The molecule has 0 aliphatic carbocycles. The number of nitrogens with zero attached hydrogens (tertiary/aromatic N) is 4. The van der Waals surface area contributed by atoms with Gasteiger partial charge in [-0.25, -0.2) is 4.98 Å². The van der Waals surface area contributed by atoms with Gasteiger partial charge in [-0.1, -0.05) is 17.9 Å². The third-order valence-electron chi connectivity index (χ3n) is 4.08. The third kappa shape index (κ3) is 4.63. The topological polar surface area (TPSA) is 66.0 Å². The summed E-state index contributed by atoms with van der Waals surface area (Å²) in [5, 5.41) is 12.6. The van der Waals surface area contributed by atoms with Gasteiger partial charge in [-0.05, 0) is 51.1 Å². The highest BCUT2D eigenvalue weighted by atomic mass is 35.5. The first-order chi connectivity index (χ1) is 13.9. The van der Waals surface area contributed by atoms with Gasteiger partial charge in [0.05, 0.1) is 27.6 Å². The molecule has 150 valence electrons. The predicted molar refractivity (Wildman–Crippen MR) is 124 cm³/mol. The normalized spacial score (nSPS) is 10.6. The maximum atomic E-state index is 9.03. The first-order valence-corrected chi connectivity index (χ1v) is 9.97. The first kappa shape index (κ1) is 21.4. The minimum atomic E-state index is -0.111. The van der Waals surface area contributed by atoms with Gasteiger partial charge in [0.15, 0.2) is 5.65 Å². The SMILES string of the molecule is CC(C)(C)Nc1c(-c2ccc(C#Cc3cccc(C#N)c3)s2)nc2cnccn12.Cl. The van der Waals surface area contributed by atoms with Crippen molar-refractivity contribution >= 4 is 35.2 Å². The van der Waals surface area contributed by atoms with E-state index in [2.05, 4.69) is 49.0 Å². The van der Waals surface area contributed by atoms with E-state index >= 15 is 0 Å². The molecule has 0 spiro atoms. The van der Waals surface area contributed by atoms with E-state index in [1.165, 1.54) is 0 Å². The van der Waals surface area contributed by atoms with Crippen molar-refractivity contribution in [3.8, 4) is 28.5 Å². The van der Waals surface area contributed by atoms with Crippen LogP contribution in [0.5, 0.6) is 0 Å². The fraction of sp³-hybridized carbons (Fsp3) is 0.174. The minimum Gasteiger partial charge on any atom is -0.365 e. The first-order valence-electron chi connectivity index (χ1n) is 9.15. The minimum absolute atomic E-state index is 0. The van der Waals surface area contributed by atoms with Crippen molar-refractivity contribution in [3.63, 3.8) is 0 Å². The average molecular weight is 434 g/mol. The van der Waals surface area contributed by atoms with Crippen LogP contribution in [-0.4, -0.2) is 19.9 Å². The van der Waals surface area contributed by atoms with Crippen LogP contribution in [0.4, 0.5) is 5.82 Å². The van der Waals surface area contributed by atoms with Crippen LogP contribution >= 0.6 is 23.7 Å². The lowest BCUT2D eigenvalue weighted by molar-refractivity contribution is 0.629. The number of nitriles is 1. The van der Waals surface area contributed by atoms with Crippen molar-refractivity contribution in [2.75, 3.05) is 5.32 Å². The summed E-state index contributed by atoms with van der Waals surface area (Å²) in [5.41, 5.74) is 3.01. The Balaban J connectivity index is 0.00000256. The highest BCUT2D eigenvalue weighted by Crippen LogP contribution is 2.34. The fourth-order valence-corrected chi connectivity index (χ4v) is 3.74. The Labute approximate surface area is 185 Å². The molecule has 0 fully saturated rings. The maximum Gasteiger partial charge on any atom is 0.157 e. The number of anilines is 1. The molecule has 1 N–H and O–H groups in total. The zero-order valence-corrected chi connectivity index (χ0v) is 18.4. The number of aromatic nitrogens is 3. The van der Waals surface area contributed by atoms with Gasteiger partial charge in [-0.2, -0.15) is 5.26 Å². The second kappa shape index (κ2) is 8.59. The zero-order valence-electron chi connectivity index (χ0n) is 16.8. The molecule has 0 unspecified atom stereocenters. The van der Waals surface area contributed by atoms with E-state index in [4.69, 9.17) is 10.2 Å². The number of thiophene rings is 1. The lowest BCUT2D eigenvalue weighted by Crippen LogP contribution is -2.27. The second-order valence-corrected chi connectivity index (χ2v) is 8.68. The molecular weight excluding hydrogens is 414 g/mol. The molecule has 3 aromatic heterocycles. The van der Waals surface area contributed by atoms with Crippen molar-refractivity contribution in [2.45, 2.75) is 26.3 Å². The highest BCUT2D eigenvalue weighted by Gasteiger charge is 2.20. The molecule has 0 saturated carbocycles. The molecule has 30 heavy (non-hydrogen) atoms. The Morgan fingerprint density at radius 3 is 2.67 bits per heavy atom. The molecule has 0 radical (unpaired) electrons. The van der Waals surface area contributed by atoms with E-state index in [9.17, 15) is 0 Å². The van der Waals surface area contributed by atoms with Gasteiger partial charge < -0.3 is 5.32 Å². The Hall–Kier alpha value is -3.32. The molecule has 0 aliphatic rings. The number of rotatable bonds is 2. The van der Waals surface area contributed by atoms with Gasteiger partial charge in [0.1, 0.15) is 11.5 Å². The fourth-order valence-electron chi connectivity index (χ4n) is 2.89. The van der Waals surface area contributed by atoms with Gasteiger partial charge >= 0.3 is 0 Å². The second-order valence-electron chi connectivity index (χ2n) is 7.60. The van der Waals surface area contributed by atoms with Gasteiger partial charge in [0.25, 0.3) is 0 Å². The quantitative estimate of drug-likeness (QED) is 0.432. The van der Waals surface area contributed by atoms with Crippen LogP contribution in [0.3, 0.4) is 0 Å². The van der Waals surface area contributed by atoms with Crippen molar-refractivity contribution < 1.29 is 0 Å². The Bertz CT molecular complexity index is 1290. The van der Waals surface area contributed by atoms with E-state index in [1.54, 1.807) is 35.9 Å². The van der Waals surface area contributed by atoms with E-state index in [-0.39, 0.29) is 17.9 Å². The Kier molecular flexibility index (Phi) is 6.12. The summed E-state index contributed by atoms with van der Waals surface area (Å²) in [4.78, 5) is 11.0. The molecular formula is C23H20ClN5S. The van der Waals surface area contributed by atoms with Gasteiger partial charge in [-0.15, -0.1) is 23.7 Å². The number of imidazole rings is 1. The van der Waals surface area contributed by atoms with Crippen LogP contribution in [0.1, 0.15) is 36.8 Å². The highest BCUT2D eigenvalue weighted by molar-refractivity contribution is 7.16. The molecule has 7 heteroatoms. The Morgan fingerprint density at radius 2 is 1.90 bits per heavy atom. The van der Waals surface area contributed by atoms with Crippen LogP contribution in [-0.2, 0) is 0 Å². The Morgan fingerprint density at radius 1 is 1.10 bits per heavy atom. The lowest BCUT2D eigenvalue weighted by atomic mass is 10.1. The van der Waals surface area contributed by atoms with E-state index in [0.29, 0.717) is 5.56 Å². The molecule has 5 nitrogen and oxygen atoms in total. The van der Waals surface area contributed by atoms with Crippen LogP contribution in [0.25, 0.3) is 16.2 Å². The maximum absolute atomic E-state index is 9.03. The molecule has 3 heterocycles.